The Kier molecular flexibility index (Phi) is 7.60. The molecule has 19 heavy (non-hydrogen) atoms. The number of hydrogen-bond donors (Lipinski definition) is 0. The molecule has 0 fully saturated rings. The van der Waals surface area contributed by atoms with Crippen LogP contribution in [0.2, 0.25) is 18.1 Å². The topological polar surface area (TPSA) is 35.5 Å². The van der Waals surface area contributed by atoms with E-state index in [9.17, 15) is 4.79 Å². The summed E-state index contributed by atoms with van der Waals surface area (Å²) in [4.78, 5) is 11.0. The second kappa shape index (κ2) is 7.85. The highest BCUT2D eigenvalue weighted by Gasteiger charge is 2.36. The summed E-state index contributed by atoms with van der Waals surface area (Å²) in [7, 11) is -0.227. The lowest BCUT2D eigenvalue weighted by molar-refractivity contribution is -0.140. The lowest BCUT2D eigenvalue weighted by Crippen LogP contribution is -2.41. The van der Waals surface area contributed by atoms with Crippen molar-refractivity contribution in [2.75, 3.05) is 13.7 Å². The minimum absolute atomic E-state index is 0.136. The van der Waals surface area contributed by atoms with E-state index in [4.69, 9.17) is 4.43 Å². The first kappa shape index (κ1) is 18.4. The second-order valence-corrected chi connectivity index (χ2v) is 11.4. The van der Waals surface area contributed by atoms with Gasteiger partial charge in [0.05, 0.1) is 13.7 Å². The Morgan fingerprint density at radius 2 is 1.84 bits per heavy atom. The molecule has 0 bridgehead atoms. The summed E-state index contributed by atoms with van der Waals surface area (Å²) in [5.41, 5.74) is 1.25. The summed E-state index contributed by atoms with van der Waals surface area (Å²) in [6.45, 7) is 14.0. The van der Waals surface area contributed by atoms with E-state index in [1.165, 1.54) is 12.7 Å². The maximum Gasteiger partial charge on any atom is 0.305 e. The van der Waals surface area contributed by atoms with Gasteiger partial charge in [0.1, 0.15) is 0 Å². The van der Waals surface area contributed by atoms with E-state index in [1.54, 1.807) is 0 Å². The van der Waals surface area contributed by atoms with Gasteiger partial charge in [0.25, 0.3) is 0 Å². The largest absolute Gasteiger partial charge is 0.469 e. The van der Waals surface area contributed by atoms with Crippen LogP contribution in [0.4, 0.5) is 0 Å². The SMILES string of the molecule is COC(=O)CCC/C=C(\C)CO[Si](C)(C)C(C)(C)C. The molecular formula is C15H30O3Si. The van der Waals surface area contributed by atoms with Crippen molar-refractivity contribution in [2.45, 2.75) is 65.1 Å². The Balaban J connectivity index is 4.04. The van der Waals surface area contributed by atoms with Crippen LogP contribution in [0.15, 0.2) is 11.6 Å². The van der Waals surface area contributed by atoms with Crippen molar-refractivity contribution in [1.29, 1.82) is 0 Å². The van der Waals surface area contributed by atoms with Crippen molar-refractivity contribution < 1.29 is 14.0 Å². The predicted molar refractivity (Wildman–Crippen MR) is 82.8 cm³/mol. The summed E-state index contributed by atoms with van der Waals surface area (Å²) in [5.74, 6) is -0.136. The van der Waals surface area contributed by atoms with Crippen LogP contribution in [0.5, 0.6) is 0 Å². The number of esters is 1. The van der Waals surface area contributed by atoms with Crippen molar-refractivity contribution in [3.05, 3.63) is 11.6 Å². The molecule has 0 radical (unpaired) electrons. The molecule has 4 heteroatoms. The molecule has 0 aromatic rings. The zero-order valence-corrected chi connectivity index (χ0v) is 14.6. The van der Waals surface area contributed by atoms with Crippen LogP contribution in [-0.4, -0.2) is 28.0 Å². The van der Waals surface area contributed by atoms with Gasteiger partial charge in [0.2, 0.25) is 0 Å². The van der Waals surface area contributed by atoms with Crippen LogP contribution in [0.3, 0.4) is 0 Å². The van der Waals surface area contributed by atoms with Crippen LogP contribution < -0.4 is 0 Å². The Morgan fingerprint density at radius 1 is 1.26 bits per heavy atom. The molecule has 0 unspecified atom stereocenters. The van der Waals surface area contributed by atoms with Gasteiger partial charge in [-0.1, -0.05) is 32.4 Å². The third-order valence-corrected chi connectivity index (χ3v) is 8.25. The monoisotopic (exact) mass is 286 g/mol. The summed E-state index contributed by atoms with van der Waals surface area (Å²) in [5, 5.41) is 0.248. The third kappa shape index (κ3) is 7.53. The van der Waals surface area contributed by atoms with Gasteiger partial charge in [-0.05, 0) is 37.9 Å². The zero-order valence-electron chi connectivity index (χ0n) is 13.6. The van der Waals surface area contributed by atoms with Crippen LogP contribution >= 0.6 is 0 Å². The van der Waals surface area contributed by atoms with Crippen molar-refractivity contribution in [3.63, 3.8) is 0 Å². The normalized spacial score (nSPS) is 13.5. The van der Waals surface area contributed by atoms with Crippen LogP contribution in [0.25, 0.3) is 0 Å². The van der Waals surface area contributed by atoms with Crippen molar-refractivity contribution in [3.8, 4) is 0 Å². The van der Waals surface area contributed by atoms with Gasteiger partial charge in [0, 0.05) is 6.42 Å². The molecule has 0 saturated carbocycles. The van der Waals surface area contributed by atoms with Crippen molar-refractivity contribution in [2.24, 2.45) is 0 Å². The Morgan fingerprint density at radius 3 is 2.32 bits per heavy atom. The van der Waals surface area contributed by atoms with E-state index < -0.39 is 8.32 Å². The molecule has 0 spiro atoms. The molecule has 3 nitrogen and oxygen atoms in total. The van der Waals surface area contributed by atoms with Gasteiger partial charge in [-0.2, -0.15) is 0 Å². The zero-order chi connectivity index (χ0) is 15.1. The molecule has 0 amide bonds. The number of hydrogen-bond acceptors (Lipinski definition) is 3. The number of carbonyl (C=O) groups is 1. The number of carbonyl (C=O) groups excluding carboxylic acids is 1. The minimum atomic E-state index is -1.65. The van der Waals surface area contributed by atoms with E-state index in [-0.39, 0.29) is 11.0 Å². The average molecular weight is 286 g/mol. The molecular weight excluding hydrogens is 256 g/mol. The van der Waals surface area contributed by atoms with Crippen molar-refractivity contribution in [1.82, 2.24) is 0 Å². The number of allylic oxidation sites excluding steroid dienone is 1. The molecule has 112 valence electrons. The summed E-state index contributed by atoms with van der Waals surface area (Å²) >= 11 is 0. The second-order valence-electron chi connectivity index (χ2n) is 6.57. The number of ether oxygens (including phenoxy) is 1. The van der Waals surface area contributed by atoms with E-state index >= 15 is 0 Å². The lowest BCUT2D eigenvalue weighted by atomic mass is 10.2. The number of unbranched alkanes of at least 4 members (excludes halogenated alkanes) is 1. The highest BCUT2D eigenvalue weighted by Crippen LogP contribution is 2.36. The molecule has 0 heterocycles. The van der Waals surface area contributed by atoms with Gasteiger partial charge in [-0.15, -0.1) is 0 Å². The van der Waals surface area contributed by atoms with Crippen molar-refractivity contribution >= 4 is 14.3 Å². The molecule has 0 aliphatic heterocycles. The first-order valence-corrected chi connectivity index (χ1v) is 9.87. The number of rotatable bonds is 7. The molecule has 0 aromatic carbocycles. The van der Waals surface area contributed by atoms with Gasteiger partial charge in [0.15, 0.2) is 8.32 Å². The van der Waals surface area contributed by atoms with E-state index in [0.717, 1.165) is 12.8 Å². The standard InChI is InChI=1S/C15H30O3Si/c1-13(10-8-9-11-14(16)17-5)12-18-19(6,7)15(2,3)4/h10H,8-9,11-12H2,1-7H3/b13-10+. The van der Waals surface area contributed by atoms with Crippen LogP contribution in [0.1, 0.15) is 47.0 Å². The number of methoxy groups -OCH3 is 1. The molecule has 0 saturated heterocycles. The molecule has 0 aromatic heterocycles. The predicted octanol–water partition coefficient (Wildman–Crippen LogP) is 4.30. The van der Waals surface area contributed by atoms with Gasteiger partial charge >= 0.3 is 5.97 Å². The van der Waals surface area contributed by atoms with Crippen LogP contribution in [-0.2, 0) is 14.0 Å². The Labute approximate surface area is 119 Å². The average Bonchev–Trinajstić information content (AvgIpc) is 2.30. The maximum atomic E-state index is 11.0. The highest BCUT2D eigenvalue weighted by atomic mass is 28.4. The smallest absolute Gasteiger partial charge is 0.305 e. The highest BCUT2D eigenvalue weighted by molar-refractivity contribution is 6.74. The summed E-state index contributed by atoms with van der Waals surface area (Å²) in [6, 6.07) is 0. The van der Waals surface area contributed by atoms with Gasteiger partial charge in [-0.3, -0.25) is 4.79 Å². The maximum absolute atomic E-state index is 11.0. The van der Waals surface area contributed by atoms with E-state index in [2.05, 4.69) is 51.6 Å². The Bertz CT molecular complexity index is 314. The summed E-state index contributed by atoms with van der Waals surface area (Å²) in [6.07, 6.45) is 4.39. The van der Waals surface area contributed by atoms with E-state index in [1.807, 2.05) is 0 Å². The minimum Gasteiger partial charge on any atom is -0.469 e. The molecule has 0 aliphatic carbocycles. The van der Waals surface area contributed by atoms with Crippen LogP contribution in [0, 0.1) is 0 Å². The van der Waals surface area contributed by atoms with Gasteiger partial charge in [-0.25, -0.2) is 0 Å². The first-order chi connectivity index (χ1) is 8.60. The van der Waals surface area contributed by atoms with E-state index in [0.29, 0.717) is 13.0 Å². The summed E-state index contributed by atoms with van der Waals surface area (Å²) < 4.78 is 10.7. The first-order valence-electron chi connectivity index (χ1n) is 6.96. The molecule has 0 atom stereocenters. The van der Waals surface area contributed by atoms with Gasteiger partial charge < -0.3 is 9.16 Å². The third-order valence-electron chi connectivity index (χ3n) is 3.77. The quantitative estimate of drug-likeness (QED) is 0.303. The molecule has 0 N–H and O–H groups in total. The Hall–Kier alpha value is -0.613. The molecule has 0 rings (SSSR count). The molecule has 0 aliphatic rings. The lowest BCUT2D eigenvalue weighted by Gasteiger charge is -2.36. The fourth-order valence-electron chi connectivity index (χ4n) is 1.27. The fraction of sp³-hybridized carbons (Fsp3) is 0.800. The fourth-order valence-corrected chi connectivity index (χ4v) is 2.29.